The van der Waals surface area contributed by atoms with Crippen molar-refractivity contribution >= 4 is 49.0 Å². The molecule has 1 N–H and O–H groups in total. The third kappa shape index (κ3) is 3.89. The number of benzene rings is 2. The molecule has 3 nitrogen and oxygen atoms in total. The predicted molar refractivity (Wildman–Crippen MR) is 101 cm³/mol. The first-order valence-corrected chi connectivity index (χ1v) is 10.3. The van der Waals surface area contributed by atoms with Gasteiger partial charge < -0.3 is 4.98 Å². The van der Waals surface area contributed by atoms with E-state index in [0.717, 1.165) is 0 Å². The van der Waals surface area contributed by atoms with Crippen molar-refractivity contribution in [2.45, 2.75) is 16.0 Å². The van der Waals surface area contributed by atoms with E-state index in [-0.39, 0.29) is 16.2 Å². The number of rotatable bonds is 3. The molecular formula is C17H9BrCl2F3NO2S. The molecule has 0 radical (unpaired) electrons. The van der Waals surface area contributed by atoms with Gasteiger partial charge >= 0.3 is 6.18 Å². The van der Waals surface area contributed by atoms with Crippen LogP contribution in [0.4, 0.5) is 13.2 Å². The van der Waals surface area contributed by atoms with E-state index in [9.17, 15) is 21.6 Å². The number of aromatic amines is 1. The van der Waals surface area contributed by atoms with E-state index in [1.165, 1.54) is 48.5 Å². The first kappa shape index (κ1) is 20.3. The lowest BCUT2D eigenvalue weighted by Gasteiger charge is -2.08. The number of alkyl halides is 3. The minimum atomic E-state index is -4.78. The average Bonchev–Trinajstić information content (AvgIpc) is 2.94. The van der Waals surface area contributed by atoms with Crippen molar-refractivity contribution in [1.82, 2.24) is 4.98 Å². The van der Waals surface area contributed by atoms with Crippen LogP contribution in [0.5, 0.6) is 0 Å². The zero-order chi connectivity index (χ0) is 20.0. The molecule has 0 aliphatic heterocycles. The summed E-state index contributed by atoms with van der Waals surface area (Å²) in [6.07, 6.45) is -4.78. The molecule has 0 aliphatic carbocycles. The lowest BCUT2D eigenvalue weighted by molar-refractivity contribution is -0.141. The number of H-pyrrole nitrogens is 1. The molecule has 0 spiro atoms. The van der Waals surface area contributed by atoms with Gasteiger partial charge in [0, 0.05) is 10.0 Å². The second kappa shape index (κ2) is 7.16. The molecule has 3 rings (SSSR count). The third-order valence-corrected chi connectivity index (χ3v) is 7.10. The van der Waals surface area contributed by atoms with Gasteiger partial charge in [-0.2, -0.15) is 13.2 Å². The Hall–Kier alpha value is -1.48. The summed E-state index contributed by atoms with van der Waals surface area (Å²) in [6, 6.07) is 10.9. The Balaban J connectivity index is 2.32. The van der Waals surface area contributed by atoms with E-state index in [1.807, 2.05) is 0 Å². The molecule has 1 heterocycles. The fourth-order valence-electron chi connectivity index (χ4n) is 2.46. The van der Waals surface area contributed by atoms with Crippen LogP contribution in [0.25, 0.3) is 11.3 Å². The van der Waals surface area contributed by atoms with Crippen molar-refractivity contribution in [3.05, 3.63) is 68.7 Å². The molecule has 0 saturated carbocycles. The highest BCUT2D eigenvalue weighted by Gasteiger charge is 2.40. The number of hydrogen-bond acceptors (Lipinski definition) is 2. The molecule has 0 fully saturated rings. The van der Waals surface area contributed by atoms with E-state index < -0.39 is 31.1 Å². The topological polar surface area (TPSA) is 49.9 Å². The molecule has 0 saturated heterocycles. The molecule has 0 unspecified atom stereocenters. The molecule has 2 aromatic carbocycles. The fourth-order valence-corrected chi connectivity index (χ4v) is 5.38. The Bertz CT molecular complexity index is 1090. The van der Waals surface area contributed by atoms with Gasteiger partial charge in [-0.25, -0.2) is 8.42 Å². The SMILES string of the molecule is O=S(=O)(c1ccc(Cl)cc1)c1c(-c2ccc(Cl)cc2)[nH]c(C(F)(F)F)c1Br. The molecule has 10 heteroatoms. The van der Waals surface area contributed by atoms with Crippen LogP contribution in [0.3, 0.4) is 0 Å². The van der Waals surface area contributed by atoms with E-state index in [2.05, 4.69) is 20.9 Å². The van der Waals surface area contributed by atoms with Gasteiger partial charge in [0.25, 0.3) is 0 Å². The molecule has 0 aliphatic rings. The van der Waals surface area contributed by atoms with Crippen LogP contribution in [-0.4, -0.2) is 13.4 Å². The van der Waals surface area contributed by atoms with E-state index in [1.54, 1.807) is 0 Å². The van der Waals surface area contributed by atoms with Crippen molar-refractivity contribution in [2.24, 2.45) is 0 Å². The van der Waals surface area contributed by atoms with Crippen LogP contribution in [0, 0.1) is 0 Å². The van der Waals surface area contributed by atoms with Crippen molar-refractivity contribution in [3.63, 3.8) is 0 Å². The monoisotopic (exact) mass is 497 g/mol. The Morgan fingerprint density at radius 1 is 0.889 bits per heavy atom. The molecule has 27 heavy (non-hydrogen) atoms. The van der Waals surface area contributed by atoms with Crippen molar-refractivity contribution in [2.75, 3.05) is 0 Å². The van der Waals surface area contributed by atoms with Crippen LogP contribution < -0.4 is 0 Å². The summed E-state index contributed by atoms with van der Waals surface area (Å²) in [4.78, 5) is 1.49. The van der Waals surface area contributed by atoms with Crippen LogP contribution in [-0.2, 0) is 16.0 Å². The lowest BCUT2D eigenvalue weighted by atomic mass is 10.2. The zero-order valence-corrected chi connectivity index (χ0v) is 17.0. The summed E-state index contributed by atoms with van der Waals surface area (Å²) < 4.78 is 65.7. The van der Waals surface area contributed by atoms with E-state index in [0.29, 0.717) is 10.0 Å². The van der Waals surface area contributed by atoms with Gasteiger partial charge in [-0.1, -0.05) is 35.3 Å². The Kier molecular flexibility index (Phi) is 5.37. The molecule has 142 valence electrons. The fraction of sp³-hybridized carbons (Fsp3) is 0.0588. The van der Waals surface area contributed by atoms with Crippen LogP contribution in [0.2, 0.25) is 10.0 Å². The maximum atomic E-state index is 13.4. The number of hydrogen-bond donors (Lipinski definition) is 1. The standard InChI is InChI=1S/C17H9BrCl2F3NO2S/c18-13-15(27(25,26)12-7-5-11(20)6-8-12)14(24-16(13)17(21,22)23)9-1-3-10(19)4-2-9/h1-8,24H. The van der Waals surface area contributed by atoms with Gasteiger partial charge in [-0.3, -0.25) is 0 Å². The first-order valence-electron chi connectivity index (χ1n) is 7.27. The minimum absolute atomic E-state index is 0.185. The highest BCUT2D eigenvalue weighted by atomic mass is 79.9. The quantitative estimate of drug-likeness (QED) is 0.442. The Morgan fingerprint density at radius 3 is 1.85 bits per heavy atom. The van der Waals surface area contributed by atoms with Gasteiger partial charge in [-0.15, -0.1) is 0 Å². The normalized spacial score (nSPS) is 12.4. The minimum Gasteiger partial charge on any atom is -0.349 e. The zero-order valence-electron chi connectivity index (χ0n) is 13.1. The molecule has 0 atom stereocenters. The predicted octanol–water partition coefficient (Wildman–Crippen LogP) is 6.60. The van der Waals surface area contributed by atoms with E-state index >= 15 is 0 Å². The maximum absolute atomic E-state index is 13.4. The van der Waals surface area contributed by atoms with Gasteiger partial charge in [0.05, 0.1) is 15.1 Å². The van der Waals surface area contributed by atoms with E-state index in [4.69, 9.17) is 23.2 Å². The van der Waals surface area contributed by atoms with Gasteiger partial charge in [-0.05, 0) is 57.9 Å². The van der Waals surface area contributed by atoms with Crippen molar-refractivity contribution < 1.29 is 21.6 Å². The highest BCUT2D eigenvalue weighted by Crippen LogP contribution is 2.44. The third-order valence-electron chi connectivity index (χ3n) is 3.70. The largest absolute Gasteiger partial charge is 0.432 e. The molecule has 3 aromatic rings. The number of nitrogens with one attached hydrogen (secondary N) is 1. The summed E-state index contributed by atoms with van der Waals surface area (Å²) in [5.74, 6) is 0. The van der Waals surface area contributed by atoms with Crippen LogP contribution >= 0.6 is 39.1 Å². The Morgan fingerprint density at radius 2 is 1.37 bits per heavy atom. The second-order valence-electron chi connectivity index (χ2n) is 5.48. The van der Waals surface area contributed by atoms with Gasteiger partial charge in [0.15, 0.2) is 0 Å². The second-order valence-corrected chi connectivity index (χ2v) is 9.03. The first-order chi connectivity index (χ1) is 12.5. The smallest absolute Gasteiger partial charge is 0.349 e. The van der Waals surface area contributed by atoms with Crippen LogP contribution in [0.1, 0.15) is 5.69 Å². The van der Waals surface area contributed by atoms with Gasteiger partial charge in [0.2, 0.25) is 9.84 Å². The average molecular weight is 499 g/mol. The van der Waals surface area contributed by atoms with Gasteiger partial charge in [0.1, 0.15) is 10.6 Å². The summed E-state index contributed by atoms with van der Waals surface area (Å²) in [7, 11) is -4.28. The number of sulfone groups is 1. The molecule has 0 amide bonds. The van der Waals surface area contributed by atoms with Crippen LogP contribution in [0.15, 0.2) is 62.8 Å². The summed E-state index contributed by atoms with van der Waals surface area (Å²) in [5, 5.41) is 0.665. The number of halogens is 6. The lowest BCUT2D eigenvalue weighted by Crippen LogP contribution is -2.07. The molecule has 1 aromatic heterocycles. The Labute approximate surface area is 171 Å². The highest BCUT2D eigenvalue weighted by molar-refractivity contribution is 9.10. The van der Waals surface area contributed by atoms with Crippen molar-refractivity contribution in [3.8, 4) is 11.3 Å². The number of aromatic nitrogens is 1. The maximum Gasteiger partial charge on any atom is 0.432 e. The summed E-state index contributed by atoms with van der Waals surface area (Å²) >= 11 is 14.4. The summed E-state index contributed by atoms with van der Waals surface area (Å²) in [5.41, 5.74) is -1.15. The molecule has 0 bridgehead atoms. The molecular weight excluding hydrogens is 490 g/mol. The summed E-state index contributed by atoms with van der Waals surface area (Å²) in [6.45, 7) is 0. The van der Waals surface area contributed by atoms with Crippen molar-refractivity contribution in [1.29, 1.82) is 0 Å².